The van der Waals surface area contributed by atoms with Gasteiger partial charge in [-0.25, -0.2) is 4.68 Å². The molecule has 2 aromatic carbocycles. The summed E-state index contributed by atoms with van der Waals surface area (Å²) >= 11 is 1.59. The lowest BCUT2D eigenvalue weighted by atomic mass is 10.1. The molecule has 1 fully saturated rings. The summed E-state index contributed by atoms with van der Waals surface area (Å²) in [6, 6.07) is 17.6. The van der Waals surface area contributed by atoms with Gasteiger partial charge in [0.15, 0.2) is 0 Å². The van der Waals surface area contributed by atoms with E-state index in [0.29, 0.717) is 24.2 Å². The molecule has 0 aliphatic carbocycles. The van der Waals surface area contributed by atoms with Gasteiger partial charge < -0.3 is 10.2 Å². The molecule has 1 aliphatic heterocycles. The first-order chi connectivity index (χ1) is 15.2. The number of carbonyl (C=O) groups is 1. The molecule has 3 aromatic rings. The number of benzene rings is 2. The Morgan fingerprint density at radius 3 is 2.45 bits per heavy atom. The van der Waals surface area contributed by atoms with Crippen molar-refractivity contribution in [3.63, 3.8) is 0 Å². The molecule has 1 aliphatic rings. The van der Waals surface area contributed by atoms with Crippen LogP contribution < -0.4 is 10.9 Å². The van der Waals surface area contributed by atoms with Gasteiger partial charge in [0.05, 0.1) is 29.9 Å². The number of nitrogens with zero attached hydrogens (tertiary/aromatic N) is 3. The number of nitrogens with one attached hydrogen (secondary N) is 1. The van der Waals surface area contributed by atoms with Crippen molar-refractivity contribution in [1.29, 1.82) is 0 Å². The highest BCUT2D eigenvalue weighted by Crippen LogP contribution is 2.14. The van der Waals surface area contributed by atoms with Crippen molar-refractivity contribution in [2.24, 2.45) is 0 Å². The highest BCUT2D eigenvalue weighted by molar-refractivity contribution is 7.99. The van der Waals surface area contributed by atoms with Crippen molar-refractivity contribution < 1.29 is 4.79 Å². The summed E-state index contributed by atoms with van der Waals surface area (Å²) < 4.78 is 1.56. The zero-order valence-electron chi connectivity index (χ0n) is 17.6. The van der Waals surface area contributed by atoms with Crippen LogP contribution in [0.25, 0.3) is 10.8 Å². The zero-order valence-corrected chi connectivity index (χ0v) is 18.4. The summed E-state index contributed by atoms with van der Waals surface area (Å²) in [5.74, 6) is 1.17. The van der Waals surface area contributed by atoms with E-state index in [0.717, 1.165) is 36.5 Å². The first-order valence-electron chi connectivity index (χ1n) is 10.8. The van der Waals surface area contributed by atoms with Crippen LogP contribution in [0.1, 0.15) is 24.1 Å². The van der Waals surface area contributed by atoms with Gasteiger partial charge in [0.2, 0.25) is 5.91 Å². The van der Waals surface area contributed by atoms with Crippen LogP contribution in [0.4, 0.5) is 0 Å². The minimum absolute atomic E-state index is 0.0263. The van der Waals surface area contributed by atoms with Gasteiger partial charge in [0, 0.05) is 17.7 Å². The molecule has 1 aromatic heterocycles. The maximum absolute atomic E-state index is 12.9. The van der Waals surface area contributed by atoms with Crippen LogP contribution in [0.2, 0.25) is 0 Å². The average molecular weight is 437 g/mol. The summed E-state index contributed by atoms with van der Waals surface area (Å²) in [7, 11) is 0. The van der Waals surface area contributed by atoms with E-state index in [9.17, 15) is 9.59 Å². The lowest BCUT2D eigenvalue weighted by molar-refractivity contribution is -0.118. The summed E-state index contributed by atoms with van der Waals surface area (Å²) in [4.78, 5) is 27.6. The van der Waals surface area contributed by atoms with Crippen LogP contribution in [-0.4, -0.2) is 46.0 Å². The van der Waals surface area contributed by atoms with Gasteiger partial charge in [-0.15, -0.1) is 11.8 Å². The van der Waals surface area contributed by atoms with Crippen LogP contribution in [-0.2, 0) is 23.6 Å². The quantitative estimate of drug-likeness (QED) is 0.559. The molecule has 1 N–H and O–H groups in total. The summed E-state index contributed by atoms with van der Waals surface area (Å²) in [6.07, 6.45) is 2.44. The summed E-state index contributed by atoms with van der Waals surface area (Å²) in [5.41, 5.74) is 1.87. The Bertz CT molecular complexity index is 1080. The fraction of sp³-hybridized carbons (Fsp3) is 0.375. The predicted molar refractivity (Wildman–Crippen MR) is 126 cm³/mol. The maximum atomic E-state index is 12.9. The fourth-order valence-corrected chi connectivity index (χ4v) is 4.72. The molecule has 0 bridgehead atoms. The third-order valence-electron chi connectivity index (χ3n) is 5.57. The number of thioether (sulfide) groups is 1. The zero-order chi connectivity index (χ0) is 21.5. The van der Waals surface area contributed by atoms with Crippen molar-refractivity contribution in [2.75, 3.05) is 25.4 Å². The summed E-state index contributed by atoms with van der Waals surface area (Å²) in [5, 5.41) is 9.05. The lowest BCUT2D eigenvalue weighted by Crippen LogP contribution is -2.33. The Labute approximate surface area is 186 Å². The molecule has 1 amide bonds. The topological polar surface area (TPSA) is 67.2 Å². The third kappa shape index (κ3) is 5.74. The number of amides is 1. The highest BCUT2D eigenvalue weighted by Gasteiger charge is 2.14. The van der Waals surface area contributed by atoms with Crippen LogP contribution >= 0.6 is 11.8 Å². The SMILES string of the molecule is O=C(CSCc1ccccc1)NCc1nn(CCN2CCCC2)c(=O)c2ccccc12. The van der Waals surface area contributed by atoms with Crippen molar-refractivity contribution in [3.8, 4) is 0 Å². The lowest BCUT2D eigenvalue weighted by Gasteiger charge is -2.16. The van der Waals surface area contributed by atoms with E-state index in [1.165, 1.54) is 18.4 Å². The van der Waals surface area contributed by atoms with Gasteiger partial charge in [0.1, 0.15) is 0 Å². The number of fused-ring (bicyclic) bond motifs is 1. The highest BCUT2D eigenvalue weighted by atomic mass is 32.2. The van der Waals surface area contributed by atoms with Gasteiger partial charge in [0.25, 0.3) is 5.56 Å². The number of likely N-dealkylation sites (tertiary alicyclic amines) is 1. The molecular formula is C24H28N4O2S. The molecule has 0 atom stereocenters. The van der Waals surface area contributed by atoms with Crippen LogP contribution in [0, 0.1) is 0 Å². The number of hydrogen-bond donors (Lipinski definition) is 1. The Morgan fingerprint density at radius 1 is 0.968 bits per heavy atom. The Hall–Kier alpha value is -2.64. The van der Waals surface area contributed by atoms with Crippen LogP contribution in [0.3, 0.4) is 0 Å². The molecule has 6 nitrogen and oxygen atoms in total. The number of hydrogen-bond acceptors (Lipinski definition) is 5. The smallest absolute Gasteiger partial charge is 0.274 e. The Morgan fingerprint density at radius 2 is 1.68 bits per heavy atom. The average Bonchev–Trinajstić information content (AvgIpc) is 3.32. The number of rotatable bonds is 9. The predicted octanol–water partition coefficient (Wildman–Crippen LogP) is 3.04. The molecule has 0 spiro atoms. The van der Waals surface area contributed by atoms with Crippen LogP contribution in [0.5, 0.6) is 0 Å². The van der Waals surface area contributed by atoms with Gasteiger partial charge in [-0.2, -0.15) is 5.10 Å². The second-order valence-electron chi connectivity index (χ2n) is 7.82. The Balaban J connectivity index is 1.40. The van der Waals surface area contributed by atoms with Gasteiger partial charge in [-0.05, 0) is 37.6 Å². The van der Waals surface area contributed by atoms with E-state index in [1.54, 1.807) is 16.4 Å². The summed E-state index contributed by atoms with van der Waals surface area (Å²) in [6.45, 7) is 3.89. The van der Waals surface area contributed by atoms with Crippen molar-refractivity contribution >= 4 is 28.4 Å². The second-order valence-corrected chi connectivity index (χ2v) is 8.81. The minimum Gasteiger partial charge on any atom is -0.350 e. The molecule has 4 rings (SSSR count). The first-order valence-corrected chi connectivity index (χ1v) is 12.0. The van der Waals surface area contributed by atoms with E-state index in [4.69, 9.17) is 0 Å². The second kappa shape index (κ2) is 10.6. The molecule has 162 valence electrons. The van der Waals surface area contributed by atoms with E-state index >= 15 is 0 Å². The van der Waals surface area contributed by atoms with Crippen molar-refractivity contribution in [3.05, 3.63) is 76.2 Å². The molecule has 7 heteroatoms. The standard InChI is InChI=1S/C24H28N4O2S/c29-23(18-31-17-19-8-2-1-3-9-19)25-16-22-20-10-4-5-11-21(20)24(30)28(26-22)15-14-27-12-6-7-13-27/h1-5,8-11H,6-7,12-18H2,(H,25,29). The van der Waals surface area contributed by atoms with E-state index in [2.05, 4.69) is 27.4 Å². The molecule has 0 radical (unpaired) electrons. The third-order valence-corrected chi connectivity index (χ3v) is 6.57. The Kier molecular flexibility index (Phi) is 7.38. The monoisotopic (exact) mass is 436 g/mol. The van der Waals surface area contributed by atoms with Crippen molar-refractivity contribution in [2.45, 2.75) is 31.7 Å². The molecule has 0 saturated carbocycles. The molecule has 0 unspecified atom stereocenters. The van der Waals surface area contributed by atoms with Crippen LogP contribution in [0.15, 0.2) is 59.4 Å². The molecule has 31 heavy (non-hydrogen) atoms. The van der Waals surface area contributed by atoms with Gasteiger partial charge >= 0.3 is 0 Å². The van der Waals surface area contributed by atoms with Gasteiger partial charge in [-0.1, -0.05) is 48.5 Å². The normalized spacial score (nSPS) is 14.2. The number of carbonyl (C=O) groups excluding carboxylic acids is 1. The molecule has 1 saturated heterocycles. The maximum Gasteiger partial charge on any atom is 0.274 e. The fourth-order valence-electron chi connectivity index (χ4n) is 3.90. The molecular weight excluding hydrogens is 408 g/mol. The van der Waals surface area contributed by atoms with E-state index in [-0.39, 0.29) is 11.5 Å². The first kappa shape index (κ1) is 21.6. The minimum atomic E-state index is -0.0664. The van der Waals surface area contributed by atoms with E-state index in [1.807, 2.05) is 42.5 Å². The molecule has 2 heterocycles. The number of aromatic nitrogens is 2. The van der Waals surface area contributed by atoms with E-state index < -0.39 is 0 Å². The van der Waals surface area contributed by atoms with Crippen molar-refractivity contribution in [1.82, 2.24) is 20.0 Å². The van der Waals surface area contributed by atoms with Gasteiger partial charge in [-0.3, -0.25) is 9.59 Å². The largest absolute Gasteiger partial charge is 0.350 e.